The summed E-state index contributed by atoms with van der Waals surface area (Å²) in [6, 6.07) is 4.85. The van der Waals surface area contributed by atoms with Crippen molar-refractivity contribution in [1.29, 1.82) is 0 Å². The van der Waals surface area contributed by atoms with Crippen molar-refractivity contribution in [2.45, 2.75) is 72.3 Å². The molecule has 3 rings (SSSR count). The van der Waals surface area contributed by atoms with Crippen molar-refractivity contribution < 1.29 is 23.9 Å². The molecule has 0 spiro atoms. The molecule has 0 N–H and O–H groups in total. The molecule has 1 aliphatic rings. The van der Waals surface area contributed by atoms with Gasteiger partial charge in [-0.1, -0.05) is 40.0 Å². The van der Waals surface area contributed by atoms with Gasteiger partial charge in [-0.3, -0.25) is 4.79 Å². The van der Waals surface area contributed by atoms with Crippen LogP contribution in [0.15, 0.2) is 24.4 Å². The number of aryl methyl sites for hydroxylation is 1. The molecule has 0 atom stereocenters. The third-order valence-corrected chi connectivity index (χ3v) is 7.95. The molecule has 0 radical (unpaired) electrons. The Morgan fingerprint density at radius 3 is 2.19 bits per heavy atom. The Balaban J connectivity index is 2.00. The smallest absolute Gasteiger partial charge is 0.338 e. The minimum atomic E-state index is -0.539. The third kappa shape index (κ3) is 9.89. The number of piperazine rings is 1. The summed E-state index contributed by atoms with van der Waals surface area (Å²) in [5.74, 6) is -0.643. The van der Waals surface area contributed by atoms with Gasteiger partial charge in [0.15, 0.2) is 0 Å². The molecule has 1 aliphatic heterocycles. The molecule has 1 aromatic carbocycles. The zero-order valence-electron chi connectivity index (χ0n) is 26.9. The number of ether oxygens (including phenoxy) is 2. The van der Waals surface area contributed by atoms with Gasteiger partial charge in [0.25, 0.3) is 5.91 Å². The molecule has 238 valence electrons. The van der Waals surface area contributed by atoms with E-state index in [0.717, 1.165) is 77.7 Å². The Hall–Kier alpha value is -3.24. The number of benzene rings is 1. The van der Waals surface area contributed by atoms with Crippen LogP contribution in [-0.2, 0) is 16.0 Å². The number of esters is 2. The Kier molecular flexibility index (Phi) is 14.2. The molecule has 1 saturated heterocycles. The average molecular weight is 598 g/mol. The van der Waals surface area contributed by atoms with Crippen molar-refractivity contribution in [2.24, 2.45) is 0 Å². The number of hydrogen-bond acceptors (Lipinski definition) is 8. The van der Waals surface area contributed by atoms with Crippen LogP contribution in [0, 0.1) is 0 Å². The lowest BCUT2D eigenvalue weighted by atomic mass is 10.0. The SMILES string of the molecule is CCCCOC(=O)c1cc(C(=O)OC)ccc1-c1nc(C(=O)N(CCCC)CCCC)cn1CCCN1CCN(C)CC1. The van der Waals surface area contributed by atoms with Gasteiger partial charge in [0.05, 0.1) is 24.8 Å². The first-order chi connectivity index (χ1) is 20.8. The number of likely N-dealkylation sites (N-methyl/N-ethyl adjacent to an activating group) is 1. The van der Waals surface area contributed by atoms with Crippen LogP contribution in [0.3, 0.4) is 0 Å². The van der Waals surface area contributed by atoms with Gasteiger partial charge in [-0.2, -0.15) is 0 Å². The Morgan fingerprint density at radius 1 is 0.884 bits per heavy atom. The van der Waals surface area contributed by atoms with E-state index in [-0.39, 0.29) is 23.6 Å². The number of carbonyl (C=O) groups is 3. The van der Waals surface area contributed by atoms with Gasteiger partial charge in [-0.25, -0.2) is 14.6 Å². The number of amides is 1. The predicted molar refractivity (Wildman–Crippen MR) is 168 cm³/mol. The van der Waals surface area contributed by atoms with Crippen molar-refractivity contribution in [3.63, 3.8) is 0 Å². The maximum atomic E-state index is 13.8. The fourth-order valence-electron chi connectivity index (χ4n) is 5.16. The Morgan fingerprint density at radius 2 is 1.56 bits per heavy atom. The van der Waals surface area contributed by atoms with E-state index in [9.17, 15) is 14.4 Å². The van der Waals surface area contributed by atoms with Gasteiger partial charge in [0, 0.05) is 57.6 Å². The first kappa shape index (κ1) is 34.3. The van der Waals surface area contributed by atoms with E-state index in [1.54, 1.807) is 12.1 Å². The van der Waals surface area contributed by atoms with E-state index < -0.39 is 11.9 Å². The van der Waals surface area contributed by atoms with Crippen LogP contribution in [0.2, 0.25) is 0 Å². The van der Waals surface area contributed by atoms with Crippen LogP contribution in [0.4, 0.5) is 0 Å². The number of rotatable bonds is 17. The van der Waals surface area contributed by atoms with Gasteiger partial charge in [-0.05, 0) is 57.5 Å². The predicted octanol–water partition coefficient (Wildman–Crippen LogP) is 4.97. The van der Waals surface area contributed by atoms with E-state index >= 15 is 0 Å². The number of hydrogen-bond donors (Lipinski definition) is 0. The Bertz CT molecular complexity index is 1180. The lowest BCUT2D eigenvalue weighted by Gasteiger charge is -2.32. The Labute approximate surface area is 257 Å². The molecular weight excluding hydrogens is 546 g/mol. The number of unbranched alkanes of at least 4 members (excludes halogenated alkanes) is 3. The lowest BCUT2D eigenvalue weighted by Crippen LogP contribution is -2.44. The number of nitrogens with zero attached hydrogens (tertiary/aromatic N) is 5. The van der Waals surface area contributed by atoms with E-state index in [4.69, 9.17) is 14.5 Å². The highest BCUT2D eigenvalue weighted by molar-refractivity contribution is 6.01. The van der Waals surface area contributed by atoms with Crippen molar-refractivity contribution in [3.05, 3.63) is 41.2 Å². The molecule has 10 heteroatoms. The number of aromatic nitrogens is 2. The van der Waals surface area contributed by atoms with Crippen LogP contribution in [0.1, 0.15) is 96.9 Å². The average Bonchev–Trinajstić information content (AvgIpc) is 3.45. The summed E-state index contributed by atoms with van der Waals surface area (Å²) in [7, 11) is 3.46. The number of imidazole rings is 1. The van der Waals surface area contributed by atoms with Gasteiger partial charge >= 0.3 is 11.9 Å². The number of carbonyl (C=O) groups excluding carboxylic acids is 3. The van der Waals surface area contributed by atoms with Crippen molar-refractivity contribution >= 4 is 17.8 Å². The zero-order chi connectivity index (χ0) is 31.2. The summed E-state index contributed by atoms with van der Waals surface area (Å²) in [6.45, 7) is 13.6. The lowest BCUT2D eigenvalue weighted by molar-refractivity contribution is 0.0500. The van der Waals surface area contributed by atoms with Gasteiger partial charge in [-0.15, -0.1) is 0 Å². The van der Waals surface area contributed by atoms with Crippen LogP contribution >= 0.6 is 0 Å². The second-order valence-corrected chi connectivity index (χ2v) is 11.4. The quantitative estimate of drug-likeness (QED) is 0.186. The van der Waals surface area contributed by atoms with E-state index in [0.29, 0.717) is 36.7 Å². The molecule has 0 saturated carbocycles. The molecule has 1 amide bonds. The van der Waals surface area contributed by atoms with Gasteiger partial charge in [0.2, 0.25) is 0 Å². The summed E-state index contributed by atoms with van der Waals surface area (Å²) in [6.07, 6.45) is 8.17. The fourth-order valence-corrected chi connectivity index (χ4v) is 5.16. The first-order valence-corrected chi connectivity index (χ1v) is 16.0. The zero-order valence-corrected chi connectivity index (χ0v) is 26.9. The van der Waals surface area contributed by atoms with Crippen LogP contribution in [0.25, 0.3) is 11.4 Å². The van der Waals surface area contributed by atoms with E-state index in [2.05, 4.69) is 30.7 Å². The largest absolute Gasteiger partial charge is 0.465 e. The first-order valence-electron chi connectivity index (χ1n) is 16.0. The molecule has 1 fully saturated rings. The summed E-state index contributed by atoms with van der Waals surface area (Å²) >= 11 is 0. The summed E-state index contributed by atoms with van der Waals surface area (Å²) in [4.78, 5) is 51.0. The molecule has 43 heavy (non-hydrogen) atoms. The monoisotopic (exact) mass is 597 g/mol. The van der Waals surface area contributed by atoms with Crippen LogP contribution in [0.5, 0.6) is 0 Å². The maximum absolute atomic E-state index is 13.8. The summed E-state index contributed by atoms with van der Waals surface area (Å²) < 4.78 is 12.5. The van der Waals surface area contributed by atoms with E-state index in [1.807, 2.05) is 22.6 Å². The molecule has 1 aromatic heterocycles. The minimum Gasteiger partial charge on any atom is -0.465 e. The normalized spacial score (nSPS) is 14.1. The topological polar surface area (TPSA) is 97.2 Å². The minimum absolute atomic E-state index is 0.0979. The molecular formula is C33H51N5O5. The molecule has 0 unspecified atom stereocenters. The second kappa shape index (κ2) is 17.8. The van der Waals surface area contributed by atoms with Crippen LogP contribution in [-0.4, -0.2) is 109 Å². The molecule has 0 bridgehead atoms. The van der Waals surface area contributed by atoms with Crippen LogP contribution < -0.4 is 0 Å². The standard InChI is InChI=1S/C33H51N5O5/c1-6-9-16-37(17-10-7-2)31(39)29-25-38(18-12-15-36-21-19-35(4)20-22-36)30(34-29)27-14-13-26(32(40)42-5)24-28(27)33(41)43-23-11-8-3/h13-14,24-25H,6-12,15-23H2,1-5H3. The molecule has 10 nitrogen and oxygen atoms in total. The van der Waals surface area contributed by atoms with Crippen molar-refractivity contribution in [2.75, 3.05) is 66.6 Å². The fraction of sp³-hybridized carbons (Fsp3) is 0.636. The molecule has 0 aliphatic carbocycles. The summed E-state index contributed by atoms with van der Waals surface area (Å²) in [5.41, 5.74) is 1.38. The highest BCUT2D eigenvalue weighted by Gasteiger charge is 2.25. The van der Waals surface area contributed by atoms with Gasteiger partial charge in [0.1, 0.15) is 11.5 Å². The van der Waals surface area contributed by atoms with Crippen molar-refractivity contribution in [3.8, 4) is 11.4 Å². The molecule has 2 aromatic rings. The van der Waals surface area contributed by atoms with Gasteiger partial charge < -0.3 is 28.7 Å². The third-order valence-electron chi connectivity index (χ3n) is 7.95. The van der Waals surface area contributed by atoms with E-state index in [1.165, 1.54) is 13.2 Å². The molecule has 2 heterocycles. The summed E-state index contributed by atoms with van der Waals surface area (Å²) in [5, 5.41) is 0. The maximum Gasteiger partial charge on any atom is 0.338 e. The van der Waals surface area contributed by atoms with Crippen molar-refractivity contribution in [1.82, 2.24) is 24.3 Å². The second-order valence-electron chi connectivity index (χ2n) is 11.4. The highest BCUT2D eigenvalue weighted by atomic mass is 16.5. The number of methoxy groups -OCH3 is 1. The highest BCUT2D eigenvalue weighted by Crippen LogP contribution is 2.27.